The first-order valence-electron chi connectivity index (χ1n) is 11.6. The number of hydrogen-bond acceptors (Lipinski definition) is 9. The zero-order chi connectivity index (χ0) is 23.8. The Morgan fingerprint density at radius 3 is 2.97 bits per heavy atom. The van der Waals surface area contributed by atoms with Crippen LogP contribution in [0.1, 0.15) is 53.5 Å². The van der Waals surface area contributed by atoms with Gasteiger partial charge in [0, 0.05) is 25.2 Å². The maximum atomic E-state index is 12.7. The molecule has 0 aromatic carbocycles. The molecular weight excluding hydrogens is 490 g/mol. The number of thiazole rings is 1. The van der Waals surface area contributed by atoms with Gasteiger partial charge in [-0.15, -0.1) is 0 Å². The lowest BCUT2D eigenvalue weighted by molar-refractivity contribution is 0.0187. The van der Waals surface area contributed by atoms with Crippen LogP contribution in [0.25, 0.3) is 22.6 Å². The predicted octanol–water partition coefficient (Wildman–Crippen LogP) is 2.90. The van der Waals surface area contributed by atoms with Gasteiger partial charge in [0.25, 0.3) is 5.91 Å². The van der Waals surface area contributed by atoms with E-state index < -0.39 is 0 Å². The first-order valence-corrected chi connectivity index (χ1v) is 12.8. The van der Waals surface area contributed by atoms with E-state index in [2.05, 4.69) is 40.3 Å². The number of amides is 1. The fraction of sp³-hybridized carbons (Fsp3) is 0.455. The van der Waals surface area contributed by atoms with Gasteiger partial charge in [-0.05, 0) is 31.7 Å². The molecule has 182 valence electrons. The van der Waals surface area contributed by atoms with E-state index in [1.165, 1.54) is 23.9 Å². The van der Waals surface area contributed by atoms with Crippen molar-refractivity contribution in [3.8, 4) is 11.5 Å². The van der Waals surface area contributed by atoms with Crippen LogP contribution >= 0.6 is 22.9 Å². The highest BCUT2D eigenvalue weighted by Crippen LogP contribution is 2.36. The van der Waals surface area contributed by atoms with Gasteiger partial charge in [-0.25, -0.2) is 15.0 Å². The smallest absolute Gasteiger partial charge is 0.280 e. The summed E-state index contributed by atoms with van der Waals surface area (Å²) in [5.41, 5.74) is 2.44. The Bertz CT molecular complexity index is 1330. The standard InChI is InChI=1S/C22H24ClN9O2S/c23-18-10-26-22(35-18)21(33)29-12-2-1-3-13(6-12)32-16-7-14(19-27-11-28-31-19)25-8-15(16)30-20(32)17-9-24-4-5-34-17/h7-8,10-13,17,24H,1-6,9H2,(H,29,33)(H,27,28,31)/t12-,13+,17?/m0/s1. The topological polar surface area (TPSA) is 136 Å². The van der Waals surface area contributed by atoms with Crippen LogP contribution in [-0.2, 0) is 4.74 Å². The number of H-pyrrole nitrogens is 1. The molecule has 2 fully saturated rings. The van der Waals surface area contributed by atoms with Gasteiger partial charge >= 0.3 is 0 Å². The van der Waals surface area contributed by atoms with E-state index in [0.717, 1.165) is 49.1 Å². The third-order valence-electron chi connectivity index (χ3n) is 6.48. The van der Waals surface area contributed by atoms with Crippen molar-refractivity contribution in [3.05, 3.63) is 40.0 Å². The number of hydrogen-bond donors (Lipinski definition) is 3. The Morgan fingerprint density at radius 2 is 2.20 bits per heavy atom. The molecule has 1 unspecified atom stereocenters. The molecule has 2 aliphatic rings. The number of rotatable bonds is 5. The van der Waals surface area contributed by atoms with Crippen LogP contribution < -0.4 is 10.6 Å². The van der Waals surface area contributed by atoms with E-state index in [-0.39, 0.29) is 24.1 Å². The molecule has 0 radical (unpaired) electrons. The van der Waals surface area contributed by atoms with Crippen LogP contribution in [0, 0.1) is 0 Å². The molecule has 6 rings (SSSR count). The zero-order valence-electron chi connectivity index (χ0n) is 18.8. The number of nitrogens with one attached hydrogen (secondary N) is 3. The van der Waals surface area contributed by atoms with E-state index in [4.69, 9.17) is 21.3 Å². The number of nitrogens with zero attached hydrogens (tertiary/aromatic N) is 6. The summed E-state index contributed by atoms with van der Waals surface area (Å²) >= 11 is 7.16. The quantitative estimate of drug-likeness (QED) is 0.370. The number of halogens is 1. The second-order valence-electron chi connectivity index (χ2n) is 8.74. The average Bonchev–Trinajstić information content (AvgIpc) is 3.64. The highest BCUT2D eigenvalue weighted by atomic mass is 35.5. The minimum Gasteiger partial charge on any atom is -0.368 e. The first kappa shape index (κ1) is 22.5. The lowest BCUT2D eigenvalue weighted by Gasteiger charge is -2.33. The van der Waals surface area contributed by atoms with Crippen molar-refractivity contribution in [1.29, 1.82) is 0 Å². The predicted molar refractivity (Wildman–Crippen MR) is 130 cm³/mol. The summed E-state index contributed by atoms with van der Waals surface area (Å²) in [7, 11) is 0. The van der Waals surface area contributed by atoms with E-state index in [9.17, 15) is 4.79 Å². The number of carbonyl (C=O) groups excluding carboxylic acids is 1. The summed E-state index contributed by atoms with van der Waals surface area (Å²) in [6, 6.07) is 2.15. The normalized spacial score (nSPS) is 22.9. The molecule has 5 heterocycles. The molecule has 3 N–H and O–H groups in total. The summed E-state index contributed by atoms with van der Waals surface area (Å²) in [6.45, 7) is 2.15. The number of aromatic amines is 1. The first-order chi connectivity index (χ1) is 17.2. The number of ether oxygens (including phenoxy) is 1. The Labute approximate surface area is 209 Å². The van der Waals surface area contributed by atoms with E-state index in [1.807, 2.05) is 6.07 Å². The average molecular weight is 514 g/mol. The number of aromatic nitrogens is 7. The summed E-state index contributed by atoms with van der Waals surface area (Å²) in [6.07, 6.45) is 8.31. The Balaban J connectivity index is 1.34. The molecule has 35 heavy (non-hydrogen) atoms. The molecule has 1 aliphatic carbocycles. The maximum Gasteiger partial charge on any atom is 0.280 e. The van der Waals surface area contributed by atoms with Gasteiger partial charge in [-0.2, -0.15) is 5.10 Å². The molecule has 0 bridgehead atoms. The van der Waals surface area contributed by atoms with Crippen molar-refractivity contribution in [2.75, 3.05) is 19.7 Å². The number of carbonyl (C=O) groups is 1. The van der Waals surface area contributed by atoms with Crippen molar-refractivity contribution in [2.45, 2.75) is 43.9 Å². The zero-order valence-corrected chi connectivity index (χ0v) is 20.3. The number of fused-ring (bicyclic) bond motifs is 1. The monoisotopic (exact) mass is 513 g/mol. The molecule has 13 heteroatoms. The van der Waals surface area contributed by atoms with Crippen LogP contribution in [0.2, 0.25) is 4.34 Å². The van der Waals surface area contributed by atoms with Crippen molar-refractivity contribution >= 4 is 39.9 Å². The van der Waals surface area contributed by atoms with Gasteiger partial charge in [0.1, 0.15) is 33.8 Å². The van der Waals surface area contributed by atoms with Crippen molar-refractivity contribution in [2.24, 2.45) is 0 Å². The minimum atomic E-state index is -0.181. The van der Waals surface area contributed by atoms with E-state index >= 15 is 0 Å². The Hall–Kier alpha value is -2.93. The molecule has 1 saturated carbocycles. The second-order valence-corrected chi connectivity index (χ2v) is 10.4. The van der Waals surface area contributed by atoms with Crippen molar-refractivity contribution in [1.82, 2.24) is 45.3 Å². The molecule has 4 aromatic heterocycles. The fourth-order valence-corrected chi connectivity index (χ4v) is 5.77. The van der Waals surface area contributed by atoms with Crippen molar-refractivity contribution in [3.63, 3.8) is 0 Å². The number of morpholine rings is 1. The highest BCUT2D eigenvalue weighted by Gasteiger charge is 2.31. The van der Waals surface area contributed by atoms with Crippen LogP contribution in [-0.4, -0.2) is 66.3 Å². The second kappa shape index (κ2) is 9.61. The van der Waals surface area contributed by atoms with Gasteiger partial charge in [-0.1, -0.05) is 22.9 Å². The minimum absolute atomic E-state index is 0.0222. The van der Waals surface area contributed by atoms with Crippen LogP contribution in [0.15, 0.2) is 24.8 Å². The third-order valence-corrected chi connectivity index (χ3v) is 7.60. The van der Waals surface area contributed by atoms with Gasteiger partial charge in [0.2, 0.25) is 0 Å². The van der Waals surface area contributed by atoms with Gasteiger partial charge in [0.05, 0.1) is 24.5 Å². The largest absolute Gasteiger partial charge is 0.368 e. The lowest BCUT2D eigenvalue weighted by atomic mass is 9.90. The van der Waals surface area contributed by atoms with E-state index in [0.29, 0.717) is 34.0 Å². The fourth-order valence-electron chi connectivity index (χ4n) is 4.95. The SMILES string of the molecule is O=C(N[C@H]1CCC[C@@H](n2c(C3CNCCO3)nc3cnc(-c4nc[nH]n4)cc32)C1)c1ncc(Cl)s1. The molecule has 11 nitrogen and oxygen atoms in total. The lowest BCUT2D eigenvalue weighted by Crippen LogP contribution is -2.40. The van der Waals surface area contributed by atoms with E-state index in [1.54, 1.807) is 6.20 Å². The van der Waals surface area contributed by atoms with Crippen LogP contribution in [0.4, 0.5) is 0 Å². The molecule has 3 atom stereocenters. The molecular formula is C22H24ClN9O2S. The molecule has 0 spiro atoms. The number of imidazole rings is 1. The Morgan fingerprint density at radius 1 is 1.26 bits per heavy atom. The van der Waals surface area contributed by atoms with Gasteiger partial charge in [-0.3, -0.25) is 14.9 Å². The summed E-state index contributed by atoms with van der Waals surface area (Å²) in [5, 5.41) is 13.9. The number of pyridine rings is 1. The molecule has 4 aromatic rings. The van der Waals surface area contributed by atoms with Gasteiger partial charge < -0.3 is 19.9 Å². The van der Waals surface area contributed by atoms with Crippen LogP contribution in [0.3, 0.4) is 0 Å². The summed E-state index contributed by atoms with van der Waals surface area (Å²) in [4.78, 5) is 30.6. The van der Waals surface area contributed by atoms with Gasteiger partial charge in [0.15, 0.2) is 10.8 Å². The molecule has 1 aliphatic heterocycles. The summed E-state index contributed by atoms with van der Waals surface area (Å²) in [5.74, 6) is 1.23. The van der Waals surface area contributed by atoms with Crippen molar-refractivity contribution < 1.29 is 9.53 Å². The maximum absolute atomic E-state index is 12.7. The molecule has 1 amide bonds. The Kier molecular flexibility index (Phi) is 6.19. The van der Waals surface area contributed by atoms with Crippen LogP contribution in [0.5, 0.6) is 0 Å². The third kappa shape index (κ3) is 4.54. The highest BCUT2D eigenvalue weighted by molar-refractivity contribution is 7.17. The molecule has 1 saturated heterocycles. The summed E-state index contributed by atoms with van der Waals surface area (Å²) < 4.78 is 8.88.